The van der Waals surface area contributed by atoms with Crippen LogP contribution in [0.2, 0.25) is 0 Å². The molecule has 0 aliphatic carbocycles. The summed E-state index contributed by atoms with van der Waals surface area (Å²) >= 11 is 0. The number of carbonyl (C=O) groups excluding carboxylic acids is 1. The molecule has 3 rings (SSSR count). The third-order valence-corrected chi connectivity index (χ3v) is 4.57. The van der Waals surface area contributed by atoms with Gasteiger partial charge in [0, 0.05) is 24.4 Å². The molecule has 1 aliphatic rings. The normalized spacial score (nSPS) is 16.4. The first-order chi connectivity index (χ1) is 13.0. The fourth-order valence-corrected chi connectivity index (χ4v) is 3.18. The van der Waals surface area contributed by atoms with Crippen LogP contribution >= 0.6 is 0 Å². The third-order valence-electron chi connectivity index (χ3n) is 4.57. The van der Waals surface area contributed by atoms with Gasteiger partial charge in [-0.05, 0) is 24.6 Å². The minimum Gasteiger partial charge on any atom is -0.495 e. The lowest BCUT2D eigenvalue weighted by Gasteiger charge is -2.21. The molecular weight excluding hydrogens is 356 g/mol. The van der Waals surface area contributed by atoms with Crippen molar-refractivity contribution in [1.82, 2.24) is 4.98 Å². The van der Waals surface area contributed by atoms with E-state index in [0.29, 0.717) is 23.6 Å². The number of ether oxygens (including phenoxy) is 1. The van der Waals surface area contributed by atoms with Crippen LogP contribution in [0, 0.1) is 11.6 Å². The first-order valence-corrected chi connectivity index (χ1v) is 8.69. The summed E-state index contributed by atoms with van der Waals surface area (Å²) in [5, 5.41) is 16.2. The quantitative estimate of drug-likeness (QED) is 0.719. The zero-order chi connectivity index (χ0) is 19.6. The van der Waals surface area contributed by atoms with E-state index < -0.39 is 29.2 Å². The summed E-state index contributed by atoms with van der Waals surface area (Å²) in [5.74, 6) is -1.82. The molecule has 0 fully saturated rings. The van der Waals surface area contributed by atoms with Gasteiger partial charge in [0.05, 0.1) is 30.7 Å². The summed E-state index contributed by atoms with van der Waals surface area (Å²) < 4.78 is 34.4. The molecule has 1 aromatic heterocycles. The average Bonchev–Trinajstić information content (AvgIpc) is 3.07. The van der Waals surface area contributed by atoms with Crippen LogP contribution in [0.25, 0.3) is 0 Å². The van der Waals surface area contributed by atoms with Crippen molar-refractivity contribution in [3.8, 4) is 5.75 Å². The maximum atomic E-state index is 14.9. The molecule has 2 aromatic rings. The second-order valence-corrected chi connectivity index (χ2v) is 6.37. The molecule has 0 radical (unpaired) electrons. The van der Waals surface area contributed by atoms with Crippen molar-refractivity contribution in [3.05, 3.63) is 47.2 Å². The topological polar surface area (TPSA) is 83.5 Å². The van der Waals surface area contributed by atoms with Gasteiger partial charge in [-0.15, -0.1) is 0 Å². The predicted octanol–water partition coefficient (Wildman–Crippen LogP) is 3.35. The largest absolute Gasteiger partial charge is 0.495 e. The fourth-order valence-electron chi connectivity index (χ4n) is 3.18. The van der Waals surface area contributed by atoms with E-state index in [4.69, 9.17) is 4.74 Å². The Morgan fingerprint density at radius 1 is 1.48 bits per heavy atom. The molecule has 1 aromatic carbocycles. The van der Waals surface area contributed by atoms with Crippen molar-refractivity contribution in [2.45, 2.75) is 31.8 Å². The second kappa shape index (κ2) is 7.87. The highest BCUT2D eigenvalue weighted by atomic mass is 19.1. The van der Waals surface area contributed by atoms with Crippen LogP contribution < -0.4 is 15.4 Å². The molecule has 2 heterocycles. The Morgan fingerprint density at radius 3 is 2.96 bits per heavy atom. The average molecular weight is 377 g/mol. The van der Waals surface area contributed by atoms with Gasteiger partial charge in [0.25, 0.3) is 0 Å². The van der Waals surface area contributed by atoms with Crippen LogP contribution in [0.3, 0.4) is 0 Å². The third kappa shape index (κ3) is 3.71. The van der Waals surface area contributed by atoms with E-state index in [-0.39, 0.29) is 24.6 Å². The maximum Gasteiger partial charge on any atom is 0.224 e. The van der Waals surface area contributed by atoms with Gasteiger partial charge in [0.15, 0.2) is 5.82 Å². The standard InChI is InChI=1S/C19H21F2N3O3/c1-3-4-15(25)24-14-6-5-13(20)16(17(14)21)18(26)12-9-23-19-11(12)7-10(27-2)8-22-19/h5-8,12,18,26H,3-4,9H2,1-2H3,(H,22,23)(H,24,25). The lowest BCUT2D eigenvalue weighted by molar-refractivity contribution is -0.116. The zero-order valence-corrected chi connectivity index (χ0v) is 15.1. The molecular formula is C19H21F2N3O3. The number of benzene rings is 1. The molecule has 8 heteroatoms. The SMILES string of the molecule is CCCC(=O)Nc1ccc(F)c(C(O)C2CNc3ncc(OC)cc32)c1F. The Kier molecular flexibility index (Phi) is 5.55. The van der Waals surface area contributed by atoms with Gasteiger partial charge in [0.1, 0.15) is 17.4 Å². The van der Waals surface area contributed by atoms with Crippen molar-refractivity contribution in [1.29, 1.82) is 0 Å². The molecule has 0 saturated carbocycles. The number of amides is 1. The highest BCUT2D eigenvalue weighted by Crippen LogP contribution is 2.42. The van der Waals surface area contributed by atoms with Gasteiger partial charge >= 0.3 is 0 Å². The van der Waals surface area contributed by atoms with Crippen molar-refractivity contribution >= 4 is 17.4 Å². The number of pyridine rings is 1. The number of aliphatic hydroxyl groups is 1. The van der Waals surface area contributed by atoms with Crippen molar-refractivity contribution in [2.24, 2.45) is 0 Å². The smallest absolute Gasteiger partial charge is 0.224 e. The highest BCUT2D eigenvalue weighted by molar-refractivity contribution is 5.90. The first-order valence-electron chi connectivity index (χ1n) is 8.69. The van der Waals surface area contributed by atoms with Crippen molar-refractivity contribution in [3.63, 3.8) is 0 Å². The summed E-state index contributed by atoms with van der Waals surface area (Å²) in [6.07, 6.45) is 0.880. The first kappa shape index (κ1) is 19.0. The Labute approximate surface area is 155 Å². The number of hydrogen-bond donors (Lipinski definition) is 3. The van der Waals surface area contributed by atoms with Gasteiger partial charge in [-0.2, -0.15) is 0 Å². The molecule has 2 unspecified atom stereocenters. The molecule has 144 valence electrons. The molecule has 3 N–H and O–H groups in total. The monoisotopic (exact) mass is 377 g/mol. The number of methoxy groups -OCH3 is 1. The predicted molar refractivity (Wildman–Crippen MR) is 96.9 cm³/mol. The number of nitrogens with one attached hydrogen (secondary N) is 2. The number of aliphatic hydroxyl groups excluding tert-OH is 1. The van der Waals surface area contributed by atoms with Gasteiger partial charge in [-0.1, -0.05) is 6.92 Å². The second-order valence-electron chi connectivity index (χ2n) is 6.37. The summed E-state index contributed by atoms with van der Waals surface area (Å²) in [5.41, 5.74) is -0.0216. The fraction of sp³-hybridized carbons (Fsp3) is 0.368. The molecule has 27 heavy (non-hydrogen) atoms. The number of hydrogen-bond acceptors (Lipinski definition) is 5. The van der Waals surface area contributed by atoms with Crippen LogP contribution in [0.4, 0.5) is 20.3 Å². The molecule has 2 atom stereocenters. The van der Waals surface area contributed by atoms with Crippen molar-refractivity contribution < 1.29 is 23.4 Å². The number of fused-ring (bicyclic) bond motifs is 1. The Morgan fingerprint density at radius 2 is 2.26 bits per heavy atom. The summed E-state index contributed by atoms with van der Waals surface area (Å²) in [7, 11) is 1.49. The van der Waals surface area contributed by atoms with Gasteiger partial charge in [-0.25, -0.2) is 13.8 Å². The number of rotatable bonds is 6. The summed E-state index contributed by atoms with van der Waals surface area (Å²) in [4.78, 5) is 15.9. The number of nitrogens with zero attached hydrogens (tertiary/aromatic N) is 1. The Hall–Kier alpha value is -2.74. The van der Waals surface area contributed by atoms with E-state index in [1.165, 1.54) is 13.3 Å². The summed E-state index contributed by atoms with van der Waals surface area (Å²) in [6.45, 7) is 2.09. The lowest BCUT2D eigenvalue weighted by atomic mass is 9.90. The minimum atomic E-state index is -1.46. The molecule has 1 aliphatic heterocycles. The number of halogens is 2. The summed E-state index contributed by atoms with van der Waals surface area (Å²) in [6, 6.07) is 3.87. The lowest BCUT2D eigenvalue weighted by Crippen LogP contribution is -2.18. The molecule has 1 amide bonds. The Balaban J connectivity index is 1.94. The van der Waals surface area contributed by atoms with Gasteiger partial charge < -0.3 is 20.5 Å². The Bertz CT molecular complexity index is 860. The van der Waals surface area contributed by atoms with E-state index >= 15 is 0 Å². The van der Waals surface area contributed by atoms with Crippen LogP contribution in [0.1, 0.15) is 42.9 Å². The molecule has 0 saturated heterocycles. The van der Waals surface area contributed by atoms with Gasteiger partial charge in [0.2, 0.25) is 5.91 Å². The van der Waals surface area contributed by atoms with Crippen LogP contribution in [0.5, 0.6) is 5.75 Å². The molecule has 6 nitrogen and oxygen atoms in total. The zero-order valence-electron chi connectivity index (χ0n) is 15.1. The van der Waals surface area contributed by atoms with E-state index in [1.54, 1.807) is 6.07 Å². The van der Waals surface area contributed by atoms with Crippen molar-refractivity contribution in [2.75, 3.05) is 24.3 Å². The molecule has 0 spiro atoms. The number of aromatic nitrogens is 1. The van der Waals surface area contributed by atoms with E-state index in [0.717, 1.165) is 12.1 Å². The number of anilines is 2. The highest BCUT2D eigenvalue weighted by Gasteiger charge is 2.34. The maximum absolute atomic E-state index is 14.9. The minimum absolute atomic E-state index is 0.154. The van der Waals surface area contributed by atoms with E-state index in [1.807, 2.05) is 6.92 Å². The van der Waals surface area contributed by atoms with E-state index in [9.17, 15) is 18.7 Å². The van der Waals surface area contributed by atoms with E-state index in [2.05, 4.69) is 15.6 Å². The van der Waals surface area contributed by atoms with Crippen LogP contribution in [-0.2, 0) is 4.79 Å². The number of carbonyl (C=O) groups is 1. The van der Waals surface area contributed by atoms with Gasteiger partial charge in [-0.3, -0.25) is 4.79 Å². The van der Waals surface area contributed by atoms with Crippen LogP contribution in [0.15, 0.2) is 24.4 Å². The van der Waals surface area contributed by atoms with Crippen LogP contribution in [-0.4, -0.2) is 29.7 Å². The molecule has 0 bridgehead atoms.